The van der Waals surface area contributed by atoms with Gasteiger partial charge in [-0.05, 0) is 59.0 Å². The van der Waals surface area contributed by atoms with E-state index in [1.54, 1.807) is 35.6 Å². The number of pyridine rings is 2. The number of fused-ring (bicyclic) bond motifs is 2. The molecule has 2 amide bonds. The average molecular weight is 481 g/mol. The molecule has 0 radical (unpaired) electrons. The molecule has 5 rings (SSSR count). The molecule has 4 N–H and O–H groups in total. The summed E-state index contributed by atoms with van der Waals surface area (Å²) in [6.07, 6.45) is 5.19. The second-order valence-corrected chi connectivity index (χ2v) is 9.66. The maximum atomic E-state index is 12.5. The minimum absolute atomic E-state index is 0.0295. The molecule has 36 heavy (non-hydrogen) atoms. The molecule has 2 aromatic heterocycles. The van der Waals surface area contributed by atoms with Gasteiger partial charge in [0.15, 0.2) is 0 Å². The van der Waals surface area contributed by atoms with E-state index in [1.165, 1.54) is 5.56 Å². The zero-order valence-corrected chi connectivity index (χ0v) is 20.3. The van der Waals surface area contributed by atoms with Crippen LogP contribution in [0.15, 0.2) is 73.2 Å². The van der Waals surface area contributed by atoms with Crippen molar-refractivity contribution in [1.82, 2.24) is 14.9 Å². The third-order valence-corrected chi connectivity index (χ3v) is 6.70. The predicted molar refractivity (Wildman–Crippen MR) is 140 cm³/mol. The second-order valence-electron chi connectivity index (χ2n) is 9.66. The van der Waals surface area contributed by atoms with Crippen LogP contribution >= 0.6 is 0 Å². The first-order chi connectivity index (χ1) is 17.3. The Balaban J connectivity index is 1.70. The van der Waals surface area contributed by atoms with Crippen molar-refractivity contribution in [3.63, 3.8) is 0 Å². The number of carbonyl (C=O) groups is 2. The molecule has 0 unspecified atom stereocenters. The lowest BCUT2D eigenvalue weighted by Crippen LogP contribution is -2.47. The van der Waals surface area contributed by atoms with Crippen molar-refractivity contribution in [2.75, 3.05) is 18.0 Å². The van der Waals surface area contributed by atoms with Gasteiger partial charge in [-0.25, -0.2) is 4.98 Å². The summed E-state index contributed by atoms with van der Waals surface area (Å²) in [5.41, 5.74) is 15.3. The molecule has 0 saturated carbocycles. The number of carbonyl (C=O) groups excluding carboxylic acids is 2. The molecule has 1 aliphatic rings. The van der Waals surface area contributed by atoms with Crippen LogP contribution in [0.5, 0.6) is 0 Å². The number of amides is 2. The molecule has 4 aromatic rings. The smallest absolute Gasteiger partial charge is 0.252 e. The van der Waals surface area contributed by atoms with Crippen LogP contribution in [0.3, 0.4) is 0 Å². The first-order valence-electron chi connectivity index (χ1n) is 11.8. The van der Waals surface area contributed by atoms with Crippen LogP contribution in [0.4, 0.5) is 17.2 Å². The Hall–Kier alpha value is -4.30. The summed E-state index contributed by atoms with van der Waals surface area (Å²) in [7, 11) is 0. The first-order valence-corrected chi connectivity index (χ1v) is 11.8. The highest BCUT2D eigenvalue weighted by Gasteiger charge is 2.34. The third-order valence-electron chi connectivity index (χ3n) is 6.70. The van der Waals surface area contributed by atoms with Crippen molar-refractivity contribution in [3.05, 3.63) is 89.9 Å². The van der Waals surface area contributed by atoms with Gasteiger partial charge in [0.25, 0.3) is 5.91 Å². The van der Waals surface area contributed by atoms with Crippen LogP contribution in [-0.2, 0) is 16.8 Å². The van der Waals surface area contributed by atoms with E-state index in [1.807, 2.05) is 35.2 Å². The van der Waals surface area contributed by atoms with E-state index in [2.05, 4.69) is 35.9 Å². The van der Waals surface area contributed by atoms with E-state index in [0.29, 0.717) is 24.5 Å². The SMILES string of the molecule is CC1(C)CN(C(=O)CN)Cc2cc(N(c3ccc4ccncc4c3)c3ncccc3C(N)=O)ccc21. The number of rotatable bonds is 5. The topological polar surface area (TPSA) is 118 Å². The van der Waals surface area contributed by atoms with Gasteiger partial charge in [-0.15, -0.1) is 0 Å². The fourth-order valence-corrected chi connectivity index (χ4v) is 5.01. The maximum absolute atomic E-state index is 12.5. The van der Waals surface area contributed by atoms with Crippen molar-refractivity contribution in [2.45, 2.75) is 25.8 Å². The van der Waals surface area contributed by atoms with Gasteiger partial charge in [0, 0.05) is 53.9 Å². The molecule has 8 nitrogen and oxygen atoms in total. The van der Waals surface area contributed by atoms with Gasteiger partial charge in [0.2, 0.25) is 5.91 Å². The lowest BCUT2D eigenvalue weighted by molar-refractivity contribution is -0.131. The van der Waals surface area contributed by atoms with Crippen LogP contribution in [0.2, 0.25) is 0 Å². The van der Waals surface area contributed by atoms with Gasteiger partial charge in [-0.2, -0.15) is 0 Å². The van der Waals surface area contributed by atoms with Crippen LogP contribution in [-0.4, -0.2) is 39.8 Å². The van der Waals surface area contributed by atoms with E-state index >= 15 is 0 Å². The molecule has 8 heteroatoms. The monoisotopic (exact) mass is 480 g/mol. The minimum atomic E-state index is -0.565. The summed E-state index contributed by atoms with van der Waals surface area (Å²) < 4.78 is 0. The summed E-state index contributed by atoms with van der Waals surface area (Å²) in [4.78, 5) is 37.4. The number of nitrogens with two attached hydrogens (primary N) is 2. The quantitative estimate of drug-likeness (QED) is 0.449. The highest BCUT2D eigenvalue weighted by atomic mass is 16.2. The molecular formula is C28H28N6O2. The highest BCUT2D eigenvalue weighted by Crippen LogP contribution is 2.40. The molecule has 0 saturated heterocycles. The molecule has 0 atom stereocenters. The lowest BCUT2D eigenvalue weighted by atomic mass is 9.78. The highest BCUT2D eigenvalue weighted by molar-refractivity contribution is 6.00. The summed E-state index contributed by atoms with van der Waals surface area (Å²) in [5, 5.41) is 2.00. The van der Waals surface area contributed by atoms with Gasteiger partial charge in [-0.3, -0.25) is 19.5 Å². The fraction of sp³-hybridized carbons (Fsp3) is 0.214. The summed E-state index contributed by atoms with van der Waals surface area (Å²) in [6.45, 7) is 5.28. The molecule has 182 valence electrons. The zero-order chi connectivity index (χ0) is 25.4. The lowest BCUT2D eigenvalue weighted by Gasteiger charge is -2.40. The van der Waals surface area contributed by atoms with Crippen LogP contribution in [0.25, 0.3) is 10.8 Å². The Kier molecular flexibility index (Phi) is 5.89. The summed E-state index contributed by atoms with van der Waals surface area (Å²) >= 11 is 0. The van der Waals surface area contributed by atoms with Crippen molar-refractivity contribution in [1.29, 1.82) is 0 Å². The Bertz CT molecular complexity index is 1480. The third kappa shape index (κ3) is 4.16. The Morgan fingerprint density at radius 1 is 1.03 bits per heavy atom. The van der Waals surface area contributed by atoms with Gasteiger partial charge in [-0.1, -0.05) is 26.0 Å². The molecule has 0 bridgehead atoms. The first kappa shape index (κ1) is 23.4. The standard InChI is InChI=1S/C28H28N6O2/c1-28(2)17-33(25(35)14-29)16-20-13-22(7-8-24(20)28)34(27-23(26(30)36)4-3-10-32-27)21-6-5-18-9-11-31-15-19(18)12-21/h3-13,15H,14,16-17,29H2,1-2H3,(H2,30,36). The molecule has 0 fully saturated rings. The minimum Gasteiger partial charge on any atom is -0.365 e. The second kappa shape index (κ2) is 9.05. The van der Waals surface area contributed by atoms with Gasteiger partial charge < -0.3 is 16.4 Å². The molecule has 1 aliphatic heterocycles. The van der Waals surface area contributed by atoms with Crippen molar-refractivity contribution < 1.29 is 9.59 Å². The fourth-order valence-electron chi connectivity index (χ4n) is 5.01. The van der Waals surface area contributed by atoms with E-state index < -0.39 is 5.91 Å². The summed E-state index contributed by atoms with van der Waals surface area (Å²) in [5.74, 6) is -0.221. The Morgan fingerprint density at radius 2 is 1.81 bits per heavy atom. The average Bonchev–Trinajstić information content (AvgIpc) is 2.88. The zero-order valence-electron chi connectivity index (χ0n) is 20.3. The van der Waals surface area contributed by atoms with E-state index in [4.69, 9.17) is 11.5 Å². The predicted octanol–water partition coefficient (Wildman–Crippen LogP) is 3.78. The largest absolute Gasteiger partial charge is 0.365 e. The van der Waals surface area contributed by atoms with Gasteiger partial charge in [0.05, 0.1) is 12.1 Å². The maximum Gasteiger partial charge on any atom is 0.252 e. The number of benzene rings is 2. The molecule has 0 spiro atoms. The number of primary amides is 1. The van der Waals surface area contributed by atoms with Crippen LogP contribution in [0, 0.1) is 0 Å². The van der Waals surface area contributed by atoms with Crippen molar-refractivity contribution >= 4 is 39.8 Å². The molecule has 2 aromatic carbocycles. The van der Waals surface area contributed by atoms with Crippen LogP contribution < -0.4 is 16.4 Å². The van der Waals surface area contributed by atoms with Crippen molar-refractivity contribution in [2.24, 2.45) is 11.5 Å². The molecule has 3 heterocycles. The normalized spacial score (nSPS) is 14.4. The number of hydrogen-bond donors (Lipinski definition) is 2. The van der Waals surface area contributed by atoms with Crippen molar-refractivity contribution in [3.8, 4) is 0 Å². The van der Waals surface area contributed by atoms with E-state index in [-0.39, 0.29) is 17.9 Å². The number of anilines is 3. The van der Waals surface area contributed by atoms with E-state index in [0.717, 1.165) is 27.7 Å². The number of hydrogen-bond acceptors (Lipinski definition) is 6. The van der Waals surface area contributed by atoms with E-state index in [9.17, 15) is 9.59 Å². The molecule has 0 aliphatic carbocycles. The van der Waals surface area contributed by atoms with Gasteiger partial charge in [0.1, 0.15) is 5.82 Å². The van der Waals surface area contributed by atoms with Gasteiger partial charge >= 0.3 is 0 Å². The number of nitrogens with zero attached hydrogens (tertiary/aromatic N) is 4. The molecular weight excluding hydrogens is 452 g/mol. The Morgan fingerprint density at radius 3 is 2.58 bits per heavy atom. The number of aromatic nitrogens is 2. The summed E-state index contributed by atoms with van der Waals surface area (Å²) in [6, 6.07) is 17.5. The Labute approximate surface area is 209 Å². The van der Waals surface area contributed by atoms with Crippen LogP contribution in [0.1, 0.15) is 35.3 Å².